The summed E-state index contributed by atoms with van der Waals surface area (Å²) in [6.07, 6.45) is 8.52. The molecule has 5 saturated carbocycles. The molecular formula is C26H35N3O5S. The average molecular weight is 502 g/mol. The maximum absolute atomic E-state index is 13.6. The number of carbonyl (C=O) groups excluding carboxylic acids is 1. The van der Waals surface area contributed by atoms with Crippen LogP contribution in [0, 0.1) is 17.8 Å². The van der Waals surface area contributed by atoms with Crippen LogP contribution < -0.4 is 10.2 Å². The lowest BCUT2D eigenvalue weighted by Crippen LogP contribution is -2.61. The molecule has 4 bridgehead atoms. The molecule has 9 heteroatoms. The van der Waals surface area contributed by atoms with Gasteiger partial charge in [-0.2, -0.15) is 0 Å². The van der Waals surface area contributed by atoms with Crippen LogP contribution in [0.15, 0.2) is 17.2 Å². The number of hydrogen-bond acceptors (Lipinski definition) is 7. The quantitative estimate of drug-likeness (QED) is 0.501. The second-order valence-electron chi connectivity index (χ2n) is 11.5. The Bertz CT molecular complexity index is 983. The van der Waals surface area contributed by atoms with Crippen LogP contribution >= 0.6 is 11.8 Å². The van der Waals surface area contributed by atoms with E-state index in [0.29, 0.717) is 48.1 Å². The van der Waals surface area contributed by atoms with Crippen molar-refractivity contribution < 1.29 is 24.5 Å². The average Bonchev–Trinajstić information content (AvgIpc) is 3.47. The zero-order valence-corrected chi connectivity index (χ0v) is 20.8. The van der Waals surface area contributed by atoms with E-state index < -0.39 is 11.8 Å². The fourth-order valence-corrected chi connectivity index (χ4v) is 8.97. The summed E-state index contributed by atoms with van der Waals surface area (Å²) in [6, 6.07) is 3.91. The lowest BCUT2D eigenvalue weighted by atomic mass is 9.52. The number of carbonyl (C=O) groups is 2. The molecule has 190 valence electrons. The van der Waals surface area contributed by atoms with Crippen LogP contribution in [0.25, 0.3) is 0 Å². The van der Waals surface area contributed by atoms with E-state index >= 15 is 0 Å². The molecule has 2 heterocycles. The first-order valence-corrected chi connectivity index (χ1v) is 14.1. The SMILES string of the molecule is O=C(O)O[C@@H]1CCN(c2ccc(C(=O)NC3C4CC5CC3CC(O)(C5)C4)c(SC3CCCC3)n2)C1. The maximum Gasteiger partial charge on any atom is 0.506 e. The first-order chi connectivity index (χ1) is 16.8. The number of nitrogens with one attached hydrogen (secondary N) is 1. The van der Waals surface area contributed by atoms with Gasteiger partial charge >= 0.3 is 6.16 Å². The van der Waals surface area contributed by atoms with E-state index in [1.54, 1.807) is 11.8 Å². The number of amides is 1. The Kier molecular flexibility index (Phi) is 6.11. The van der Waals surface area contributed by atoms with Crippen LogP contribution in [0.5, 0.6) is 0 Å². The molecule has 0 spiro atoms. The second kappa shape index (κ2) is 9.14. The van der Waals surface area contributed by atoms with Gasteiger partial charge in [-0.3, -0.25) is 4.79 Å². The van der Waals surface area contributed by atoms with Crippen LogP contribution in [-0.2, 0) is 4.74 Å². The number of thioether (sulfide) groups is 1. The van der Waals surface area contributed by atoms with Gasteiger partial charge in [-0.1, -0.05) is 12.8 Å². The van der Waals surface area contributed by atoms with Crippen molar-refractivity contribution in [2.45, 2.75) is 92.2 Å². The monoisotopic (exact) mass is 501 g/mol. The highest BCUT2D eigenvalue weighted by molar-refractivity contribution is 7.99. The number of pyridine rings is 1. The Morgan fingerprint density at radius 1 is 1.11 bits per heavy atom. The summed E-state index contributed by atoms with van der Waals surface area (Å²) in [5.41, 5.74) is 0.123. The van der Waals surface area contributed by atoms with Crippen molar-refractivity contribution in [3.63, 3.8) is 0 Å². The van der Waals surface area contributed by atoms with Gasteiger partial charge in [-0.15, -0.1) is 11.8 Å². The van der Waals surface area contributed by atoms with Gasteiger partial charge in [0.05, 0.1) is 17.7 Å². The topological polar surface area (TPSA) is 112 Å². The van der Waals surface area contributed by atoms with Crippen LogP contribution in [0.3, 0.4) is 0 Å². The van der Waals surface area contributed by atoms with Crippen molar-refractivity contribution in [1.29, 1.82) is 0 Å². The molecule has 6 aliphatic rings. The normalized spacial score (nSPS) is 36.0. The molecular weight excluding hydrogens is 466 g/mol. The number of aliphatic hydroxyl groups is 1. The Labute approximate surface area is 210 Å². The number of anilines is 1. The van der Waals surface area contributed by atoms with E-state index in [0.717, 1.165) is 55.8 Å². The molecule has 3 N–H and O–H groups in total. The molecule has 0 radical (unpaired) electrons. The van der Waals surface area contributed by atoms with Gasteiger partial charge in [0.25, 0.3) is 5.91 Å². The number of carboxylic acid groups (broad SMARTS) is 1. The molecule has 1 aliphatic heterocycles. The Morgan fingerprint density at radius 3 is 2.54 bits per heavy atom. The predicted octanol–water partition coefficient (Wildman–Crippen LogP) is 4.06. The highest BCUT2D eigenvalue weighted by Crippen LogP contribution is 2.55. The van der Waals surface area contributed by atoms with Crippen molar-refractivity contribution in [2.24, 2.45) is 17.8 Å². The summed E-state index contributed by atoms with van der Waals surface area (Å²) in [7, 11) is 0. The third-order valence-corrected chi connectivity index (χ3v) is 10.3. The van der Waals surface area contributed by atoms with E-state index in [-0.39, 0.29) is 18.1 Å². The molecule has 5 aliphatic carbocycles. The van der Waals surface area contributed by atoms with Crippen LogP contribution in [0.1, 0.15) is 74.6 Å². The summed E-state index contributed by atoms with van der Waals surface area (Å²) >= 11 is 1.72. The predicted molar refractivity (Wildman–Crippen MR) is 132 cm³/mol. The van der Waals surface area contributed by atoms with E-state index in [9.17, 15) is 14.7 Å². The molecule has 7 rings (SSSR count). The molecule has 0 aromatic carbocycles. The summed E-state index contributed by atoms with van der Waals surface area (Å²) in [4.78, 5) is 31.5. The van der Waals surface area contributed by atoms with Crippen molar-refractivity contribution in [3.8, 4) is 0 Å². The number of hydrogen-bond donors (Lipinski definition) is 3. The van der Waals surface area contributed by atoms with Crippen LogP contribution in [0.4, 0.5) is 10.6 Å². The fourth-order valence-electron chi connectivity index (χ4n) is 7.65. The third kappa shape index (κ3) is 4.73. The molecule has 1 aromatic heterocycles. The number of rotatable bonds is 6. The van der Waals surface area contributed by atoms with Gasteiger partial charge in [0.15, 0.2) is 0 Å². The zero-order chi connectivity index (χ0) is 24.2. The fraction of sp³-hybridized carbons (Fsp3) is 0.731. The zero-order valence-electron chi connectivity index (χ0n) is 20.0. The van der Waals surface area contributed by atoms with Gasteiger partial charge in [0, 0.05) is 24.3 Å². The summed E-state index contributed by atoms with van der Waals surface area (Å²) in [6.45, 7) is 1.16. The smallest absolute Gasteiger partial charge is 0.450 e. The van der Waals surface area contributed by atoms with Crippen LogP contribution in [0.2, 0.25) is 0 Å². The van der Waals surface area contributed by atoms with Gasteiger partial charge in [0.1, 0.15) is 16.9 Å². The largest absolute Gasteiger partial charge is 0.506 e. The first-order valence-electron chi connectivity index (χ1n) is 13.2. The lowest BCUT2D eigenvalue weighted by molar-refractivity contribution is -0.136. The van der Waals surface area contributed by atoms with Gasteiger partial charge in [0.2, 0.25) is 0 Å². The van der Waals surface area contributed by atoms with E-state index in [2.05, 4.69) is 5.32 Å². The Balaban J connectivity index is 1.21. The minimum atomic E-state index is -1.24. The Morgan fingerprint density at radius 2 is 1.86 bits per heavy atom. The lowest BCUT2D eigenvalue weighted by Gasteiger charge is -2.58. The third-order valence-electron chi connectivity index (χ3n) is 8.95. The van der Waals surface area contributed by atoms with Gasteiger partial charge < -0.3 is 25.2 Å². The van der Waals surface area contributed by atoms with E-state index in [1.165, 1.54) is 12.8 Å². The Hall–Kier alpha value is -2.00. The molecule has 1 saturated heterocycles. The highest BCUT2D eigenvalue weighted by Gasteiger charge is 2.55. The molecule has 2 unspecified atom stereocenters. The van der Waals surface area contributed by atoms with Gasteiger partial charge in [-0.05, 0) is 74.8 Å². The summed E-state index contributed by atoms with van der Waals surface area (Å²) < 4.78 is 4.96. The molecule has 35 heavy (non-hydrogen) atoms. The van der Waals surface area contributed by atoms with Crippen molar-refractivity contribution in [1.82, 2.24) is 10.3 Å². The second-order valence-corrected chi connectivity index (χ2v) is 12.8. The summed E-state index contributed by atoms with van der Waals surface area (Å²) in [5, 5.41) is 24.5. The maximum atomic E-state index is 13.6. The minimum absolute atomic E-state index is 0.0532. The van der Waals surface area contributed by atoms with Crippen molar-refractivity contribution >= 4 is 29.6 Å². The molecule has 1 aromatic rings. The van der Waals surface area contributed by atoms with Gasteiger partial charge in [-0.25, -0.2) is 9.78 Å². The number of ether oxygens (including phenoxy) is 1. The van der Waals surface area contributed by atoms with Crippen molar-refractivity contribution in [3.05, 3.63) is 17.7 Å². The number of aromatic nitrogens is 1. The van der Waals surface area contributed by atoms with E-state index in [1.807, 2.05) is 17.0 Å². The van der Waals surface area contributed by atoms with Crippen molar-refractivity contribution in [2.75, 3.05) is 18.0 Å². The standard InChI is InChI=1S/C26H35N3O5S/c30-23(28-22-16-9-15-10-17(22)13-26(33,11-15)12-16)20-5-6-21(27-24(20)35-19-3-1-2-4-19)29-8-7-18(14-29)34-25(31)32/h5-6,15-19,22,33H,1-4,7-14H2,(H,28,30)(H,31,32)/t15?,16?,17?,18-,22?,26?/m1/s1. The number of nitrogens with zero attached hydrogens (tertiary/aromatic N) is 2. The van der Waals surface area contributed by atoms with E-state index in [4.69, 9.17) is 14.8 Å². The first kappa shape index (κ1) is 23.4. The molecule has 8 nitrogen and oxygen atoms in total. The molecule has 6 fully saturated rings. The highest BCUT2D eigenvalue weighted by atomic mass is 32.2. The van der Waals surface area contributed by atoms with Crippen LogP contribution in [-0.4, -0.2) is 63.3 Å². The molecule has 3 atom stereocenters. The summed E-state index contributed by atoms with van der Waals surface area (Å²) in [5.74, 6) is 2.06. The molecule has 1 amide bonds. The minimum Gasteiger partial charge on any atom is -0.450 e.